The van der Waals surface area contributed by atoms with Crippen molar-refractivity contribution in [2.75, 3.05) is 39.4 Å². The zero-order valence-electron chi connectivity index (χ0n) is 19.2. The summed E-state index contributed by atoms with van der Waals surface area (Å²) in [6, 6.07) is 15.6. The van der Waals surface area contributed by atoms with Gasteiger partial charge in [0.1, 0.15) is 11.5 Å². The lowest BCUT2D eigenvalue weighted by molar-refractivity contribution is -0.134. The molecule has 0 aliphatic carbocycles. The van der Waals surface area contributed by atoms with Gasteiger partial charge in [0, 0.05) is 32.6 Å². The van der Waals surface area contributed by atoms with Gasteiger partial charge in [0.05, 0.1) is 19.6 Å². The number of hydrogen-bond donors (Lipinski definition) is 0. The SMILES string of the molecule is Cc1cccc(C)c1OCCCC(=O)N1CCCN(C(=O)CCOc2ccccc2)CC1. The van der Waals surface area contributed by atoms with Crippen LogP contribution in [0.25, 0.3) is 0 Å². The van der Waals surface area contributed by atoms with Gasteiger partial charge in [0.25, 0.3) is 0 Å². The van der Waals surface area contributed by atoms with E-state index in [1.807, 2.05) is 72.2 Å². The number of ether oxygens (including phenoxy) is 2. The van der Waals surface area contributed by atoms with Crippen LogP contribution in [-0.4, -0.2) is 61.0 Å². The summed E-state index contributed by atoms with van der Waals surface area (Å²) >= 11 is 0. The number of carbonyl (C=O) groups is 2. The Kier molecular flexibility index (Phi) is 8.96. The molecule has 2 amide bonds. The van der Waals surface area contributed by atoms with Crippen molar-refractivity contribution in [1.29, 1.82) is 0 Å². The standard InChI is InChI=1S/C26H34N2O4/c1-21-9-6-10-22(2)26(21)32-19-7-13-24(29)27-15-8-16-28(18-17-27)25(30)14-20-31-23-11-4-3-5-12-23/h3-6,9-12H,7-8,13-20H2,1-2H3. The van der Waals surface area contributed by atoms with Crippen LogP contribution in [0.3, 0.4) is 0 Å². The van der Waals surface area contributed by atoms with Gasteiger partial charge in [-0.2, -0.15) is 0 Å². The summed E-state index contributed by atoms with van der Waals surface area (Å²) in [6.45, 7) is 7.50. The second-order valence-electron chi connectivity index (χ2n) is 8.20. The first-order chi connectivity index (χ1) is 15.5. The molecule has 32 heavy (non-hydrogen) atoms. The maximum absolute atomic E-state index is 12.6. The van der Waals surface area contributed by atoms with Crippen molar-refractivity contribution in [1.82, 2.24) is 9.80 Å². The smallest absolute Gasteiger partial charge is 0.226 e. The van der Waals surface area contributed by atoms with Crippen molar-refractivity contribution < 1.29 is 19.1 Å². The van der Waals surface area contributed by atoms with Gasteiger partial charge in [-0.1, -0.05) is 36.4 Å². The van der Waals surface area contributed by atoms with Crippen molar-refractivity contribution in [3.8, 4) is 11.5 Å². The van der Waals surface area contributed by atoms with Crippen LogP contribution in [0, 0.1) is 13.8 Å². The summed E-state index contributed by atoms with van der Waals surface area (Å²) in [5, 5.41) is 0. The highest BCUT2D eigenvalue weighted by Gasteiger charge is 2.21. The third kappa shape index (κ3) is 7.01. The van der Waals surface area contributed by atoms with Crippen LogP contribution >= 0.6 is 0 Å². The quantitative estimate of drug-likeness (QED) is 0.556. The molecular formula is C26H34N2O4. The molecule has 1 aliphatic rings. The highest BCUT2D eigenvalue weighted by molar-refractivity contribution is 5.77. The highest BCUT2D eigenvalue weighted by atomic mass is 16.5. The van der Waals surface area contributed by atoms with Gasteiger partial charge in [-0.3, -0.25) is 9.59 Å². The Hall–Kier alpha value is -3.02. The molecule has 1 heterocycles. The minimum atomic E-state index is 0.0808. The summed E-state index contributed by atoms with van der Waals surface area (Å²) in [4.78, 5) is 28.9. The molecule has 0 radical (unpaired) electrons. The summed E-state index contributed by atoms with van der Waals surface area (Å²) in [7, 11) is 0. The molecule has 0 spiro atoms. The van der Waals surface area contributed by atoms with Crippen molar-refractivity contribution in [3.05, 3.63) is 59.7 Å². The Balaban J connectivity index is 1.35. The Bertz CT molecular complexity index is 864. The number of benzene rings is 2. The molecule has 1 fully saturated rings. The normalized spacial score (nSPS) is 14.1. The summed E-state index contributed by atoms with van der Waals surface area (Å²) in [5.41, 5.74) is 2.23. The Labute approximate surface area is 191 Å². The minimum absolute atomic E-state index is 0.0808. The first kappa shape index (κ1) is 23.6. The zero-order valence-corrected chi connectivity index (χ0v) is 19.2. The molecule has 3 rings (SSSR count). The van der Waals surface area contributed by atoms with E-state index in [1.54, 1.807) is 0 Å². The van der Waals surface area contributed by atoms with E-state index in [-0.39, 0.29) is 11.8 Å². The molecular weight excluding hydrogens is 404 g/mol. The molecule has 0 saturated carbocycles. The van der Waals surface area contributed by atoms with Gasteiger partial charge in [0.15, 0.2) is 0 Å². The van der Waals surface area contributed by atoms with Crippen molar-refractivity contribution in [2.24, 2.45) is 0 Å². The number of nitrogens with zero attached hydrogens (tertiary/aromatic N) is 2. The molecule has 172 valence electrons. The fourth-order valence-electron chi connectivity index (χ4n) is 3.93. The zero-order chi connectivity index (χ0) is 22.8. The fraction of sp³-hybridized carbons (Fsp3) is 0.462. The second kappa shape index (κ2) is 12.1. The molecule has 0 N–H and O–H groups in total. The van der Waals surface area contributed by atoms with Crippen LogP contribution in [0.2, 0.25) is 0 Å². The van der Waals surface area contributed by atoms with Crippen LogP contribution in [0.1, 0.15) is 36.8 Å². The summed E-state index contributed by atoms with van der Waals surface area (Å²) in [6.07, 6.45) is 2.29. The molecule has 0 aromatic heterocycles. The van der Waals surface area contributed by atoms with Crippen molar-refractivity contribution in [2.45, 2.75) is 39.5 Å². The lowest BCUT2D eigenvalue weighted by Gasteiger charge is -2.22. The Morgan fingerprint density at radius 3 is 2.03 bits per heavy atom. The number of amides is 2. The van der Waals surface area contributed by atoms with E-state index in [1.165, 1.54) is 0 Å². The van der Waals surface area contributed by atoms with Crippen molar-refractivity contribution in [3.63, 3.8) is 0 Å². The molecule has 0 unspecified atom stereocenters. The Morgan fingerprint density at radius 1 is 0.750 bits per heavy atom. The monoisotopic (exact) mass is 438 g/mol. The van der Waals surface area contributed by atoms with Crippen molar-refractivity contribution >= 4 is 11.8 Å². The maximum atomic E-state index is 12.6. The van der Waals surface area contributed by atoms with Crippen LogP contribution in [0.5, 0.6) is 11.5 Å². The molecule has 0 bridgehead atoms. The van der Waals surface area contributed by atoms with E-state index in [9.17, 15) is 9.59 Å². The summed E-state index contributed by atoms with van der Waals surface area (Å²) < 4.78 is 11.5. The molecule has 6 heteroatoms. The first-order valence-corrected chi connectivity index (χ1v) is 11.5. The molecule has 1 aliphatic heterocycles. The first-order valence-electron chi connectivity index (χ1n) is 11.5. The average molecular weight is 439 g/mol. The number of aryl methyl sites for hydroxylation is 2. The Morgan fingerprint density at radius 2 is 1.38 bits per heavy atom. The van der Waals surface area contributed by atoms with Crippen LogP contribution in [0.4, 0.5) is 0 Å². The van der Waals surface area contributed by atoms with Gasteiger partial charge in [-0.15, -0.1) is 0 Å². The maximum Gasteiger partial charge on any atom is 0.226 e. The number of carbonyl (C=O) groups excluding carboxylic acids is 2. The molecule has 0 atom stereocenters. The number of para-hydroxylation sites is 2. The topological polar surface area (TPSA) is 59.1 Å². The number of hydrogen-bond acceptors (Lipinski definition) is 4. The summed E-state index contributed by atoms with van der Waals surface area (Å²) in [5.74, 6) is 1.91. The van der Waals surface area contributed by atoms with E-state index < -0.39 is 0 Å². The largest absolute Gasteiger partial charge is 0.493 e. The third-order valence-electron chi connectivity index (χ3n) is 5.72. The molecule has 2 aromatic rings. The fourth-order valence-corrected chi connectivity index (χ4v) is 3.93. The van der Waals surface area contributed by atoms with Crippen LogP contribution < -0.4 is 9.47 Å². The van der Waals surface area contributed by atoms with Crippen LogP contribution in [0.15, 0.2) is 48.5 Å². The lowest BCUT2D eigenvalue weighted by atomic mass is 10.1. The minimum Gasteiger partial charge on any atom is -0.493 e. The van der Waals surface area contributed by atoms with E-state index in [2.05, 4.69) is 0 Å². The van der Waals surface area contributed by atoms with Gasteiger partial charge in [-0.05, 0) is 49.9 Å². The number of rotatable bonds is 9. The van der Waals surface area contributed by atoms with Gasteiger partial charge < -0.3 is 19.3 Å². The van der Waals surface area contributed by atoms with E-state index in [0.717, 1.165) is 29.0 Å². The predicted octanol–water partition coefficient (Wildman–Crippen LogP) is 3.99. The predicted molar refractivity (Wildman–Crippen MR) is 125 cm³/mol. The van der Waals surface area contributed by atoms with Gasteiger partial charge >= 0.3 is 0 Å². The van der Waals surface area contributed by atoms with E-state index in [4.69, 9.17) is 9.47 Å². The van der Waals surface area contributed by atoms with Gasteiger partial charge in [0.2, 0.25) is 11.8 Å². The molecule has 1 saturated heterocycles. The third-order valence-corrected chi connectivity index (χ3v) is 5.72. The van der Waals surface area contributed by atoms with E-state index >= 15 is 0 Å². The second-order valence-corrected chi connectivity index (χ2v) is 8.20. The molecule has 6 nitrogen and oxygen atoms in total. The molecule has 2 aromatic carbocycles. The van der Waals surface area contributed by atoms with Gasteiger partial charge in [-0.25, -0.2) is 0 Å². The highest BCUT2D eigenvalue weighted by Crippen LogP contribution is 2.22. The lowest BCUT2D eigenvalue weighted by Crippen LogP contribution is -2.37. The average Bonchev–Trinajstić information content (AvgIpc) is 3.05. The van der Waals surface area contributed by atoms with Crippen LogP contribution in [-0.2, 0) is 9.59 Å². The van der Waals surface area contributed by atoms with E-state index in [0.29, 0.717) is 58.7 Å².